The second-order valence-electron chi connectivity index (χ2n) is 7.01. The van der Waals surface area contributed by atoms with Gasteiger partial charge in [-0.1, -0.05) is 52.5 Å². The van der Waals surface area contributed by atoms with Gasteiger partial charge < -0.3 is 9.84 Å². The number of carbonyl (C=O) groups is 1. The Morgan fingerprint density at radius 1 is 1.15 bits per heavy atom. The number of esters is 1. The van der Waals surface area contributed by atoms with Crippen LogP contribution in [0.4, 0.5) is 13.2 Å². The van der Waals surface area contributed by atoms with Crippen LogP contribution in [0.5, 0.6) is 0 Å². The van der Waals surface area contributed by atoms with Gasteiger partial charge in [-0.05, 0) is 41.0 Å². The van der Waals surface area contributed by atoms with Gasteiger partial charge in [0.25, 0.3) is 5.60 Å². The highest BCUT2D eigenvalue weighted by molar-refractivity contribution is 5.83. The maximum absolute atomic E-state index is 13.3. The minimum atomic E-state index is -5.17. The summed E-state index contributed by atoms with van der Waals surface area (Å²) in [4.78, 5) is 11.8. The molecule has 0 aliphatic rings. The van der Waals surface area contributed by atoms with Crippen molar-refractivity contribution >= 4 is 11.5 Å². The lowest BCUT2D eigenvalue weighted by Gasteiger charge is -2.29. The van der Waals surface area contributed by atoms with Crippen LogP contribution in [-0.2, 0) is 9.53 Å². The number of rotatable bonds is 7. The largest absolute Gasteiger partial charge is 0.464 e. The molecule has 0 aliphatic carbocycles. The highest BCUT2D eigenvalue weighted by Gasteiger charge is 2.60. The molecule has 0 saturated heterocycles. The van der Waals surface area contributed by atoms with E-state index in [1.165, 1.54) is 6.92 Å². The van der Waals surface area contributed by atoms with Crippen molar-refractivity contribution in [1.29, 1.82) is 0 Å². The summed E-state index contributed by atoms with van der Waals surface area (Å²) in [7, 11) is 0. The van der Waals surface area contributed by atoms with E-state index in [4.69, 9.17) is 0 Å². The van der Waals surface area contributed by atoms with Gasteiger partial charge in [-0.15, -0.1) is 0 Å². The molecule has 0 fully saturated rings. The molecule has 1 aromatic rings. The van der Waals surface area contributed by atoms with E-state index in [-0.39, 0.29) is 24.0 Å². The van der Waals surface area contributed by atoms with Crippen LogP contribution in [-0.4, -0.2) is 29.5 Å². The average Bonchev–Trinajstić information content (AvgIpc) is 2.52. The smallest absolute Gasteiger partial charge is 0.428 e. The summed E-state index contributed by atoms with van der Waals surface area (Å²) in [5.41, 5.74) is -1.02. The van der Waals surface area contributed by atoms with E-state index >= 15 is 0 Å². The second kappa shape index (κ2) is 8.25. The molecule has 0 bridgehead atoms. The van der Waals surface area contributed by atoms with E-state index in [0.717, 1.165) is 11.1 Å². The van der Waals surface area contributed by atoms with Crippen LogP contribution in [0.1, 0.15) is 69.6 Å². The Kier molecular flexibility index (Phi) is 7.05. The van der Waals surface area contributed by atoms with Crippen molar-refractivity contribution < 1.29 is 27.8 Å². The first-order chi connectivity index (χ1) is 11.8. The summed E-state index contributed by atoms with van der Waals surface area (Å²) in [5, 5.41) is 10.0. The zero-order chi connectivity index (χ0) is 20.3. The first kappa shape index (κ1) is 22.2. The highest BCUT2D eigenvalue weighted by atomic mass is 19.4. The molecule has 3 nitrogen and oxygen atoms in total. The summed E-state index contributed by atoms with van der Waals surface area (Å²) < 4.78 is 44.5. The van der Waals surface area contributed by atoms with Crippen LogP contribution >= 0.6 is 0 Å². The van der Waals surface area contributed by atoms with Crippen molar-refractivity contribution in [3.8, 4) is 0 Å². The Balaban J connectivity index is 3.26. The average molecular weight is 372 g/mol. The van der Waals surface area contributed by atoms with Crippen molar-refractivity contribution in [1.82, 2.24) is 0 Å². The third kappa shape index (κ3) is 4.67. The van der Waals surface area contributed by atoms with Gasteiger partial charge in [0.2, 0.25) is 0 Å². The zero-order valence-electron chi connectivity index (χ0n) is 15.9. The Hall–Kier alpha value is -1.82. The molecule has 146 valence electrons. The van der Waals surface area contributed by atoms with Crippen LogP contribution in [0.25, 0.3) is 5.57 Å². The molecule has 1 N–H and O–H groups in total. The number of aliphatic hydroxyl groups is 1. The minimum Gasteiger partial charge on any atom is -0.464 e. The summed E-state index contributed by atoms with van der Waals surface area (Å²) in [6.07, 6.45) is -6.14. The third-order valence-electron chi connectivity index (χ3n) is 4.29. The summed E-state index contributed by atoms with van der Waals surface area (Å²) in [5.74, 6) is -1.27. The Morgan fingerprint density at radius 2 is 1.69 bits per heavy atom. The lowest BCUT2D eigenvalue weighted by molar-refractivity contribution is -0.260. The van der Waals surface area contributed by atoms with E-state index in [1.807, 2.05) is 33.8 Å². The van der Waals surface area contributed by atoms with Gasteiger partial charge >= 0.3 is 12.1 Å². The van der Waals surface area contributed by atoms with Crippen LogP contribution in [0.2, 0.25) is 0 Å². The number of ether oxygens (including phenoxy) is 1. The number of hydrogen-bond donors (Lipinski definition) is 1. The number of benzene rings is 1. The van der Waals surface area contributed by atoms with Gasteiger partial charge in [0.05, 0.1) is 6.61 Å². The maximum Gasteiger partial charge on any atom is 0.428 e. The lowest BCUT2D eigenvalue weighted by atomic mass is 9.85. The molecule has 0 amide bonds. The molecular weight excluding hydrogens is 345 g/mol. The predicted octanol–water partition coefficient (Wildman–Crippen LogP) is 5.19. The van der Waals surface area contributed by atoms with E-state index in [1.54, 1.807) is 12.1 Å². The molecule has 26 heavy (non-hydrogen) atoms. The molecule has 0 aliphatic heterocycles. The number of halogens is 3. The van der Waals surface area contributed by atoms with Crippen molar-refractivity contribution in [2.75, 3.05) is 6.61 Å². The number of alkyl halides is 3. The van der Waals surface area contributed by atoms with E-state index in [9.17, 15) is 23.1 Å². The van der Waals surface area contributed by atoms with Gasteiger partial charge in [-0.25, -0.2) is 4.79 Å². The Morgan fingerprint density at radius 3 is 2.12 bits per heavy atom. The molecule has 0 radical (unpaired) electrons. The molecule has 1 aromatic carbocycles. The minimum absolute atomic E-state index is 0.0232. The fraction of sp³-hybridized carbons (Fsp3) is 0.550. The van der Waals surface area contributed by atoms with Crippen molar-refractivity contribution in [2.45, 2.75) is 64.7 Å². The van der Waals surface area contributed by atoms with Crippen LogP contribution in [0, 0.1) is 0 Å². The molecule has 1 atom stereocenters. The third-order valence-corrected chi connectivity index (χ3v) is 4.29. The molecule has 0 saturated carbocycles. The summed E-state index contributed by atoms with van der Waals surface area (Å²) in [6.45, 7) is 12.9. The number of hydrogen-bond acceptors (Lipinski definition) is 3. The van der Waals surface area contributed by atoms with Crippen LogP contribution in [0.15, 0.2) is 24.8 Å². The van der Waals surface area contributed by atoms with Crippen LogP contribution in [0.3, 0.4) is 0 Å². The van der Waals surface area contributed by atoms with Gasteiger partial charge in [0, 0.05) is 6.42 Å². The molecule has 6 heteroatoms. The number of carbonyl (C=O) groups excluding carboxylic acids is 1. The summed E-state index contributed by atoms with van der Waals surface area (Å²) in [6, 6.07) is 5.31. The Labute approximate surface area is 152 Å². The predicted molar refractivity (Wildman–Crippen MR) is 95.9 cm³/mol. The van der Waals surface area contributed by atoms with Crippen molar-refractivity contribution in [2.24, 2.45) is 0 Å². The summed E-state index contributed by atoms with van der Waals surface area (Å²) >= 11 is 0. The SMILES string of the molecule is C=C(C[C@@](O)(C(=O)OCC)C(F)(F)F)c1ccc(C(C)C)c(C(C)C)c1. The maximum atomic E-state index is 13.3. The normalized spacial score (nSPS) is 14.4. The highest BCUT2D eigenvalue weighted by Crippen LogP contribution is 2.39. The monoisotopic (exact) mass is 372 g/mol. The molecule has 0 heterocycles. The van der Waals surface area contributed by atoms with Gasteiger partial charge in [0.15, 0.2) is 0 Å². The topological polar surface area (TPSA) is 46.5 Å². The quantitative estimate of drug-likeness (QED) is 0.670. The van der Waals surface area contributed by atoms with E-state index < -0.39 is 24.2 Å². The molecule has 1 rings (SSSR count). The standard InChI is InChI=1S/C20H27F3O3/c1-7-26-18(24)19(25,20(21,22)23)11-14(6)15-8-9-16(12(2)3)17(10-15)13(4)5/h8-10,12-13,25H,6-7,11H2,1-5H3/t19-/m1/s1. The van der Waals surface area contributed by atoms with E-state index in [2.05, 4.69) is 11.3 Å². The van der Waals surface area contributed by atoms with Gasteiger partial charge in [-0.3, -0.25) is 0 Å². The fourth-order valence-electron chi connectivity index (χ4n) is 2.77. The van der Waals surface area contributed by atoms with Crippen LogP contribution < -0.4 is 0 Å². The molecule has 0 spiro atoms. The molecule has 0 unspecified atom stereocenters. The first-order valence-electron chi connectivity index (χ1n) is 8.63. The zero-order valence-corrected chi connectivity index (χ0v) is 15.9. The van der Waals surface area contributed by atoms with Gasteiger partial charge in [0.1, 0.15) is 0 Å². The molecular formula is C20H27F3O3. The lowest BCUT2D eigenvalue weighted by Crippen LogP contribution is -2.53. The first-order valence-corrected chi connectivity index (χ1v) is 8.63. The Bertz CT molecular complexity index is 663. The van der Waals surface area contributed by atoms with Crippen molar-refractivity contribution in [3.05, 3.63) is 41.5 Å². The van der Waals surface area contributed by atoms with Gasteiger partial charge in [-0.2, -0.15) is 13.2 Å². The molecule has 0 aromatic heterocycles. The fourth-order valence-corrected chi connectivity index (χ4v) is 2.77. The van der Waals surface area contributed by atoms with E-state index in [0.29, 0.717) is 5.56 Å². The van der Waals surface area contributed by atoms with Crippen molar-refractivity contribution in [3.63, 3.8) is 0 Å². The second-order valence-corrected chi connectivity index (χ2v) is 7.01.